The van der Waals surface area contributed by atoms with Gasteiger partial charge in [-0.25, -0.2) is 0 Å². The molecule has 134 valence electrons. The number of hydrogen-bond acceptors (Lipinski definition) is 3. The third-order valence-corrected chi connectivity index (χ3v) is 4.15. The summed E-state index contributed by atoms with van der Waals surface area (Å²) in [5, 5.41) is 6.69. The van der Waals surface area contributed by atoms with Crippen molar-refractivity contribution in [2.24, 2.45) is 0 Å². The molecule has 0 unspecified atom stereocenters. The van der Waals surface area contributed by atoms with Gasteiger partial charge in [-0.2, -0.15) is 0 Å². The van der Waals surface area contributed by atoms with Crippen LogP contribution in [0.3, 0.4) is 0 Å². The lowest BCUT2D eigenvalue weighted by molar-refractivity contribution is 0.0907. The molecule has 3 heterocycles. The molecule has 1 atom stereocenters. The van der Waals surface area contributed by atoms with Gasteiger partial charge >= 0.3 is 0 Å². The summed E-state index contributed by atoms with van der Waals surface area (Å²) in [6, 6.07) is 10.9. The van der Waals surface area contributed by atoms with E-state index in [4.69, 9.17) is 0 Å². The zero-order valence-corrected chi connectivity index (χ0v) is 15.1. The smallest absolute Gasteiger partial charge is 0.268 e. The van der Waals surface area contributed by atoms with Gasteiger partial charge in [-0.3, -0.25) is 14.6 Å². The largest absolute Gasteiger partial charge is 0.347 e. The lowest BCUT2D eigenvalue weighted by Crippen LogP contribution is -2.42. The highest BCUT2D eigenvalue weighted by atomic mass is 16.2. The van der Waals surface area contributed by atoms with E-state index in [2.05, 4.69) is 15.6 Å². The summed E-state index contributed by atoms with van der Waals surface area (Å²) < 4.78 is 1.97. The number of anilines is 1. The van der Waals surface area contributed by atoms with E-state index in [1.165, 1.54) is 0 Å². The fourth-order valence-electron chi connectivity index (χ4n) is 3.04. The van der Waals surface area contributed by atoms with Gasteiger partial charge in [0.2, 0.25) is 0 Å². The minimum atomic E-state index is -0.200. The average Bonchev–Trinajstić information content (AvgIpc) is 3.02. The first-order chi connectivity index (χ1) is 12.6. The molecule has 1 aromatic carbocycles. The second-order valence-corrected chi connectivity index (χ2v) is 5.98. The molecule has 2 aromatic heterocycles. The predicted molar refractivity (Wildman–Crippen MR) is 102 cm³/mol. The van der Waals surface area contributed by atoms with Gasteiger partial charge in [0.05, 0.1) is 11.9 Å². The van der Waals surface area contributed by atoms with E-state index in [0.29, 0.717) is 23.5 Å². The number of carbonyl (C=O) groups is 2. The van der Waals surface area contributed by atoms with Crippen LogP contribution in [-0.4, -0.2) is 27.4 Å². The topological polar surface area (TPSA) is 76.0 Å². The van der Waals surface area contributed by atoms with Crippen molar-refractivity contribution in [1.29, 1.82) is 0 Å². The van der Waals surface area contributed by atoms with Crippen molar-refractivity contribution in [2.75, 3.05) is 5.32 Å². The minimum Gasteiger partial charge on any atom is -0.347 e. The first-order valence-corrected chi connectivity index (χ1v) is 8.77. The van der Waals surface area contributed by atoms with Crippen LogP contribution in [0.5, 0.6) is 0 Å². The van der Waals surface area contributed by atoms with Crippen molar-refractivity contribution in [1.82, 2.24) is 14.9 Å². The van der Waals surface area contributed by atoms with Gasteiger partial charge in [0, 0.05) is 35.2 Å². The second-order valence-electron chi connectivity index (χ2n) is 5.98. The molecule has 2 amide bonds. The lowest BCUT2D eigenvalue weighted by atomic mass is 10.1. The van der Waals surface area contributed by atoms with Crippen LogP contribution in [0.25, 0.3) is 10.9 Å². The molecule has 26 heavy (non-hydrogen) atoms. The Morgan fingerprint density at radius 3 is 2.81 bits per heavy atom. The van der Waals surface area contributed by atoms with Crippen molar-refractivity contribution >= 4 is 28.4 Å². The highest BCUT2D eigenvalue weighted by Crippen LogP contribution is 2.24. The molecule has 1 aliphatic rings. The van der Waals surface area contributed by atoms with Crippen molar-refractivity contribution < 1.29 is 9.59 Å². The van der Waals surface area contributed by atoms with Gasteiger partial charge in [0.25, 0.3) is 11.8 Å². The molecule has 3 aromatic rings. The molecule has 0 radical (unpaired) electrons. The molecule has 6 nitrogen and oxygen atoms in total. The lowest BCUT2D eigenvalue weighted by Gasteiger charge is -2.23. The average molecular weight is 350 g/mol. The summed E-state index contributed by atoms with van der Waals surface area (Å²) in [4.78, 5) is 28.5. The van der Waals surface area contributed by atoms with E-state index in [9.17, 15) is 9.59 Å². The van der Waals surface area contributed by atoms with Crippen LogP contribution >= 0.6 is 0 Å². The summed E-state index contributed by atoms with van der Waals surface area (Å²) >= 11 is 0. The molecule has 0 saturated heterocycles. The summed E-state index contributed by atoms with van der Waals surface area (Å²) in [6.07, 6.45) is 3.25. The Balaban J connectivity index is 0.000000948. The minimum absolute atomic E-state index is 0.0634. The van der Waals surface area contributed by atoms with E-state index in [1.54, 1.807) is 30.6 Å². The molecule has 6 heteroatoms. The van der Waals surface area contributed by atoms with E-state index in [0.717, 1.165) is 10.9 Å². The van der Waals surface area contributed by atoms with Gasteiger partial charge in [0.1, 0.15) is 5.69 Å². The van der Waals surface area contributed by atoms with Gasteiger partial charge in [0.15, 0.2) is 0 Å². The number of pyridine rings is 1. The van der Waals surface area contributed by atoms with Crippen LogP contribution in [0.2, 0.25) is 0 Å². The molecule has 2 N–H and O–H groups in total. The Bertz CT molecular complexity index is 947. The zero-order chi connectivity index (χ0) is 18.7. The highest BCUT2D eigenvalue weighted by Gasteiger charge is 2.24. The van der Waals surface area contributed by atoms with Gasteiger partial charge in [-0.15, -0.1) is 0 Å². The predicted octanol–water partition coefficient (Wildman–Crippen LogP) is 3.45. The van der Waals surface area contributed by atoms with Crippen molar-refractivity contribution in [3.63, 3.8) is 0 Å². The fraction of sp³-hybridized carbons (Fsp3) is 0.250. The number of aromatic nitrogens is 2. The van der Waals surface area contributed by atoms with Gasteiger partial charge in [-0.1, -0.05) is 19.9 Å². The van der Waals surface area contributed by atoms with Crippen molar-refractivity contribution in [2.45, 2.75) is 33.4 Å². The Labute approximate surface area is 152 Å². The van der Waals surface area contributed by atoms with Crippen LogP contribution < -0.4 is 10.6 Å². The quantitative estimate of drug-likeness (QED) is 0.743. The Morgan fingerprint density at radius 1 is 1.27 bits per heavy atom. The van der Waals surface area contributed by atoms with Crippen LogP contribution in [-0.2, 0) is 6.54 Å². The molecular formula is C20H22N4O2. The van der Waals surface area contributed by atoms with E-state index in [1.807, 2.05) is 43.5 Å². The molecule has 0 bridgehead atoms. The number of hydrogen-bond donors (Lipinski definition) is 2. The maximum absolute atomic E-state index is 12.4. The SMILES string of the molecule is CC.C[C@H]1Cn2c(cc3ccc(C(=O)Nc4cccnc4)cc32)C(=O)N1. The highest BCUT2D eigenvalue weighted by molar-refractivity contribution is 6.07. The standard InChI is InChI=1S/C18H16N4O2.C2H6/c1-11-10-22-15-8-13(17(23)21-14-3-2-6-19-9-14)5-4-12(15)7-16(22)18(24)20-11;1-2/h2-9,11H,10H2,1H3,(H,20,24)(H,21,23);1-2H3/t11-;/m0./s1. The summed E-state index contributed by atoms with van der Waals surface area (Å²) in [5.74, 6) is -0.278. The number of nitrogens with zero attached hydrogens (tertiary/aromatic N) is 2. The molecule has 0 fully saturated rings. The maximum atomic E-state index is 12.4. The maximum Gasteiger partial charge on any atom is 0.268 e. The van der Waals surface area contributed by atoms with Crippen LogP contribution in [0, 0.1) is 0 Å². The molecule has 0 saturated carbocycles. The summed E-state index contributed by atoms with van der Waals surface area (Å²) in [7, 11) is 0. The molecule has 1 aliphatic heterocycles. The number of carbonyl (C=O) groups excluding carboxylic acids is 2. The number of benzene rings is 1. The van der Waals surface area contributed by atoms with E-state index in [-0.39, 0.29) is 17.9 Å². The second kappa shape index (κ2) is 7.39. The monoisotopic (exact) mass is 350 g/mol. The zero-order valence-electron chi connectivity index (χ0n) is 15.1. The first-order valence-electron chi connectivity index (χ1n) is 8.77. The Kier molecular flexibility index (Phi) is 5.02. The van der Waals surface area contributed by atoms with Crippen molar-refractivity contribution in [3.05, 3.63) is 60.0 Å². The number of amides is 2. The number of fused-ring (bicyclic) bond motifs is 3. The van der Waals surface area contributed by atoms with Gasteiger partial charge in [-0.05, 0) is 37.3 Å². The molecule has 0 aliphatic carbocycles. The Morgan fingerprint density at radius 2 is 2.08 bits per heavy atom. The third kappa shape index (κ3) is 3.31. The van der Waals surface area contributed by atoms with E-state index >= 15 is 0 Å². The molecule has 4 rings (SSSR count). The first kappa shape index (κ1) is 17.7. The van der Waals surface area contributed by atoms with Crippen LogP contribution in [0.4, 0.5) is 5.69 Å². The number of rotatable bonds is 2. The summed E-state index contributed by atoms with van der Waals surface area (Å²) in [6.45, 7) is 6.66. The normalized spacial score (nSPS) is 15.5. The third-order valence-electron chi connectivity index (χ3n) is 4.15. The molecule has 0 spiro atoms. The van der Waals surface area contributed by atoms with E-state index < -0.39 is 0 Å². The number of nitrogens with one attached hydrogen (secondary N) is 2. The Hall–Kier alpha value is -3.15. The van der Waals surface area contributed by atoms with Crippen LogP contribution in [0.15, 0.2) is 48.8 Å². The van der Waals surface area contributed by atoms with Gasteiger partial charge < -0.3 is 15.2 Å². The molecular weight excluding hydrogens is 328 g/mol. The fourth-order valence-corrected chi connectivity index (χ4v) is 3.04. The van der Waals surface area contributed by atoms with Crippen molar-refractivity contribution in [3.8, 4) is 0 Å². The van der Waals surface area contributed by atoms with Crippen LogP contribution in [0.1, 0.15) is 41.6 Å². The summed E-state index contributed by atoms with van der Waals surface area (Å²) in [5.41, 5.74) is 2.72.